The fraction of sp³-hybridized carbons (Fsp3) is 0.409. The molecule has 0 radical (unpaired) electrons. The molecule has 33 heavy (non-hydrogen) atoms. The average molecular weight is 474 g/mol. The summed E-state index contributed by atoms with van der Waals surface area (Å²) < 4.78 is 27.5. The number of nitrogens with zero attached hydrogens (tertiary/aromatic N) is 4. The van der Waals surface area contributed by atoms with Crippen LogP contribution in [0.15, 0.2) is 30.5 Å². The minimum atomic E-state index is -0.758. The van der Waals surface area contributed by atoms with Gasteiger partial charge in [0.1, 0.15) is 16.5 Å². The van der Waals surface area contributed by atoms with Crippen molar-refractivity contribution >= 4 is 35.0 Å². The van der Waals surface area contributed by atoms with Crippen LogP contribution in [-0.2, 0) is 25.6 Å². The molecule has 4 rings (SSSR count). The lowest BCUT2D eigenvalue weighted by atomic mass is 9.98. The number of carbonyl (C=O) groups is 2. The maximum absolute atomic E-state index is 14.9. The molecule has 3 heterocycles. The number of carbonyl (C=O) groups excluding carboxylic acids is 2. The number of aromatic nitrogens is 3. The molecule has 1 atom stereocenters. The third-order valence-corrected chi connectivity index (χ3v) is 5.70. The van der Waals surface area contributed by atoms with E-state index in [4.69, 9.17) is 21.7 Å². The Morgan fingerprint density at radius 2 is 2.24 bits per heavy atom. The fourth-order valence-corrected chi connectivity index (χ4v) is 3.83. The van der Waals surface area contributed by atoms with Crippen molar-refractivity contribution in [2.24, 2.45) is 0 Å². The van der Waals surface area contributed by atoms with Crippen LogP contribution in [0.2, 0.25) is 0 Å². The molecular weight excluding hydrogens is 449 g/mol. The summed E-state index contributed by atoms with van der Waals surface area (Å²) in [6.45, 7) is 4.91. The van der Waals surface area contributed by atoms with Crippen LogP contribution >= 0.6 is 12.2 Å². The standard InChI is InChI=1S/C22H24FN5O4S/c1-22(2)31-13-19(32-22)21(30)27-7-5-14(6-8-27)17-4-3-16(9-18(17)23)28-11-15(25-26-28)10-24-20(33)12-29/h3-5,9,11-12,19H,6-8,10,13H2,1-2H3,(H,24,33)/t19-/m1/s1. The Kier molecular flexibility index (Phi) is 6.63. The number of hydrogen-bond donors (Lipinski definition) is 1. The number of ether oxygens (including phenoxy) is 2. The summed E-state index contributed by atoms with van der Waals surface area (Å²) in [4.78, 5) is 25.0. The van der Waals surface area contributed by atoms with Crippen LogP contribution in [0.4, 0.5) is 4.39 Å². The number of nitrogens with one attached hydrogen (secondary N) is 1. The molecule has 2 aromatic rings. The molecule has 0 bridgehead atoms. The molecule has 2 aliphatic rings. The number of benzene rings is 1. The molecule has 1 fully saturated rings. The highest BCUT2D eigenvalue weighted by atomic mass is 32.1. The fourth-order valence-electron chi connectivity index (χ4n) is 3.76. The molecule has 0 unspecified atom stereocenters. The maximum Gasteiger partial charge on any atom is 0.254 e. The summed E-state index contributed by atoms with van der Waals surface area (Å²) in [7, 11) is 0. The van der Waals surface area contributed by atoms with E-state index in [1.807, 2.05) is 6.08 Å². The highest BCUT2D eigenvalue weighted by Gasteiger charge is 2.39. The molecule has 1 aromatic heterocycles. The summed E-state index contributed by atoms with van der Waals surface area (Å²) in [5.41, 5.74) is 2.41. The van der Waals surface area contributed by atoms with Crippen molar-refractivity contribution in [2.75, 3.05) is 19.7 Å². The Labute approximate surface area is 195 Å². The molecule has 9 nitrogen and oxygen atoms in total. The zero-order valence-electron chi connectivity index (χ0n) is 18.3. The zero-order valence-corrected chi connectivity index (χ0v) is 19.1. The van der Waals surface area contributed by atoms with Gasteiger partial charge in [-0.3, -0.25) is 9.59 Å². The van der Waals surface area contributed by atoms with Crippen molar-refractivity contribution in [3.8, 4) is 5.69 Å². The summed E-state index contributed by atoms with van der Waals surface area (Å²) in [6.07, 6.45) is 3.97. The molecule has 11 heteroatoms. The first-order chi connectivity index (χ1) is 15.8. The van der Waals surface area contributed by atoms with Crippen molar-refractivity contribution < 1.29 is 23.5 Å². The van der Waals surface area contributed by atoms with E-state index >= 15 is 0 Å². The molecule has 2 aliphatic heterocycles. The van der Waals surface area contributed by atoms with Gasteiger partial charge < -0.3 is 19.7 Å². The van der Waals surface area contributed by atoms with Gasteiger partial charge >= 0.3 is 0 Å². The van der Waals surface area contributed by atoms with E-state index < -0.39 is 11.9 Å². The van der Waals surface area contributed by atoms with Crippen LogP contribution in [-0.4, -0.2) is 68.7 Å². The maximum atomic E-state index is 14.9. The van der Waals surface area contributed by atoms with Gasteiger partial charge in [0.2, 0.25) is 0 Å². The number of hydrogen-bond acceptors (Lipinski definition) is 7. The van der Waals surface area contributed by atoms with Gasteiger partial charge in [-0.2, -0.15) is 0 Å². The zero-order chi connectivity index (χ0) is 23.6. The van der Waals surface area contributed by atoms with Crippen LogP contribution in [0.1, 0.15) is 31.5 Å². The van der Waals surface area contributed by atoms with Gasteiger partial charge in [0.15, 0.2) is 18.2 Å². The van der Waals surface area contributed by atoms with E-state index in [2.05, 4.69) is 15.6 Å². The Balaban J connectivity index is 1.40. The first-order valence-corrected chi connectivity index (χ1v) is 10.9. The van der Waals surface area contributed by atoms with Crippen molar-refractivity contribution in [3.63, 3.8) is 0 Å². The van der Waals surface area contributed by atoms with Gasteiger partial charge in [0.05, 0.1) is 25.0 Å². The molecule has 1 saturated heterocycles. The van der Waals surface area contributed by atoms with E-state index in [-0.39, 0.29) is 29.9 Å². The minimum Gasteiger partial charge on any atom is -0.368 e. The van der Waals surface area contributed by atoms with Crippen LogP contribution < -0.4 is 5.32 Å². The lowest BCUT2D eigenvalue weighted by molar-refractivity contribution is -0.159. The number of rotatable bonds is 6. The Morgan fingerprint density at radius 3 is 2.88 bits per heavy atom. The monoisotopic (exact) mass is 473 g/mol. The number of aldehydes is 1. The first-order valence-electron chi connectivity index (χ1n) is 10.5. The summed E-state index contributed by atoms with van der Waals surface area (Å²) in [6, 6.07) is 4.84. The van der Waals surface area contributed by atoms with Gasteiger partial charge in [-0.05, 0) is 38.0 Å². The van der Waals surface area contributed by atoms with Crippen LogP contribution in [0.5, 0.6) is 0 Å². The molecule has 1 N–H and O–H groups in total. The quantitative estimate of drug-likeness (QED) is 0.501. The van der Waals surface area contributed by atoms with Crippen molar-refractivity contribution in [3.05, 3.63) is 47.5 Å². The average Bonchev–Trinajstić information content (AvgIpc) is 3.43. The van der Waals surface area contributed by atoms with E-state index in [1.54, 1.807) is 37.1 Å². The second-order valence-corrected chi connectivity index (χ2v) is 8.68. The third-order valence-electron chi connectivity index (χ3n) is 5.46. The van der Waals surface area contributed by atoms with Crippen molar-refractivity contribution in [1.82, 2.24) is 25.2 Å². The molecule has 0 aliphatic carbocycles. The molecule has 1 aromatic carbocycles. The number of halogens is 1. The van der Waals surface area contributed by atoms with Crippen molar-refractivity contribution in [1.29, 1.82) is 0 Å². The van der Waals surface area contributed by atoms with E-state index in [0.29, 0.717) is 42.7 Å². The second-order valence-electron chi connectivity index (χ2n) is 8.24. The third kappa shape index (κ3) is 5.32. The molecule has 0 spiro atoms. The summed E-state index contributed by atoms with van der Waals surface area (Å²) >= 11 is 4.78. The lowest BCUT2D eigenvalue weighted by Crippen LogP contribution is -2.43. The highest BCUT2D eigenvalue weighted by Crippen LogP contribution is 2.28. The predicted octanol–water partition coefficient (Wildman–Crippen LogP) is 1.79. The SMILES string of the molecule is CC1(C)OC[C@H](C(=O)N2CC=C(c3ccc(-n4cc(CNC(=S)C=O)nn4)cc3F)CC2)O1. The minimum absolute atomic E-state index is 0.0777. The predicted molar refractivity (Wildman–Crippen MR) is 121 cm³/mol. The Morgan fingerprint density at radius 1 is 1.42 bits per heavy atom. The first kappa shape index (κ1) is 23.1. The van der Waals surface area contributed by atoms with E-state index in [1.165, 1.54) is 10.7 Å². The van der Waals surface area contributed by atoms with Gasteiger partial charge in [-0.15, -0.1) is 5.10 Å². The van der Waals surface area contributed by atoms with Crippen LogP contribution in [0.25, 0.3) is 11.3 Å². The largest absolute Gasteiger partial charge is 0.368 e. The molecule has 0 saturated carbocycles. The topological polar surface area (TPSA) is 98.6 Å². The number of amides is 1. The van der Waals surface area contributed by atoms with Gasteiger partial charge in [0.25, 0.3) is 5.91 Å². The Bertz CT molecular complexity index is 1120. The van der Waals surface area contributed by atoms with Gasteiger partial charge in [-0.25, -0.2) is 9.07 Å². The van der Waals surface area contributed by atoms with Gasteiger partial charge in [-0.1, -0.05) is 23.5 Å². The molecule has 1 amide bonds. The Hall–Kier alpha value is -3.02. The van der Waals surface area contributed by atoms with Crippen LogP contribution in [0, 0.1) is 5.82 Å². The van der Waals surface area contributed by atoms with E-state index in [9.17, 15) is 14.0 Å². The summed E-state index contributed by atoms with van der Waals surface area (Å²) in [5.74, 6) is -1.26. The van der Waals surface area contributed by atoms with Crippen LogP contribution in [0.3, 0.4) is 0 Å². The molecular formula is C22H24FN5O4S. The normalized spacial score (nSPS) is 19.8. The number of thiocarbonyl (C=S) groups is 1. The highest BCUT2D eigenvalue weighted by molar-refractivity contribution is 7.81. The second kappa shape index (κ2) is 9.46. The lowest BCUT2D eigenvalue weighted by Gasteiger charge is -2.29. The smallest absolute Gasteiger partial charge is 0.254 e. The summed E-state index contributed by atoms with van der Waals surface area (Å²) in [5, 5.41) is 10.7. The van der Waals surface area contributed by atoms with Gasteiger partial charge in [0, 0.05) is 24.7 Å². The van der Waals surface area contributed by atoms with E-state index in [0.717, 1.165) is 5.57 Å². The van der Waals surface area contributed by atoms with Crippen molar-refractivity contribution in [2.45, 2.75) is 38.7 Å². The molecule has 174 valence electrons.